The van der Waals surface area contributed by atoms with Crippen molar-refractivity contribution in [2.24, 2.45) is 0 Å². The van der Waals surface area contributed by atoms with Crippen LogP contribution in [0, 0.1) is 6.92 Å². The molecule has 0 radical (unpaired) electrons. The molecule has 1 N–H and O–H groups in total. The maximum absolute atomic E-state index is 13.0. The Morgan fingerprint density at radius 1 is 1.26 bits per heavy atom. The van der Waals surface area contributed by atoms with Gasteiger partial charge < -0.3 is 19.2 Å². The minimum absolute atomic E-state index is 0.0400. The summed E-state index contributed by atoms with van der Waals surface area (Å²) in [7, 11) is 0. The summed E-state index contributed by atoms with van der Waals surface area (Å²) in [6.07, 6.45) is 3.96. The van der Waals surface area contributed by atoms with Crippen LogP contribution in [0.15, 0.2) is 39.1 Å². The maximum atomic E-state index is 13.0. The van der Waals surface area contributed by atoms with Gasteiger partial charge in [0.15, 0.2) is 5.78 Å². The average Bonchev–Trinajstić information content (AvgIpc) is 3.30. The zero-order chi connectivity index (χ0) is 19.0. The lowest BCUT2D eigenvalue weighted by molar-refractivity contribution is -0.142. The van der Waals surface area contributed by atoms with Gasteiger partial charge in [-0.1, -0.05) is 0 Å². The summed E-state index contributed by atoms with van der Waals surface area (Å²) >= 11 is 0. The molecule has 0 spiro atoms. The maximum Gasteiger partial charge on any atom is 0.336 e. The van der Waals surface area contributed by atoms with Gasteiger partial charge >= 0.3 is 5.97 Å². The Kier molecular flexibility index (Phi) is 4.91. The third-order valence-corrected chi connectivity index (χ3v) is 5.47. The first-order valence-electron chi connectivity index (χ1n) is 9.63. The summed E-state index contributed by atoms with van der Waals surface area (Å²) in [5, 5.41) is 3.28. The van der Waals surface area contributed by atoms with Gasteiger partial charge in [0.2, 0.25) is 0 Å². The molecule has 1 aromatic heterocycles. The number of allylic oxidation sites excluding steroid dienone is 3. The molecule has 3 aliphatic rings. The molecule has 27 heavy (non-hydrogen) atoms. The van der Waals surface area contributed by atoms with Crippen LogP contribution >= 0.6 is 0 Å². The van der Waals surface area contributed by atoms with Crippen molar-refractivity contribution in [3.63, 3.8) is 0 Å². The fraction of sp³-hybridized carbons (Fsp3) is 0.524. The minimum Gasteiger partial charge on any atom is -0.465 e. The van der Waals surface area contributed by atoms with Crippen molar-refractivity contribution < 1.29 is 23.5 Å². The Morgan fingerprint density at radius 3 is 2.81 bits per heavy atom. The van der Waals surface area contributed by atoms with E-state index in [1.54, 1.807) is 0 Å². The second-order valence-corrected chi connectivity index (χ2v) is 7.45. The van der Waals surface area contributed by atoms with E-state index in [1.165, 1.54) is 0 Å². The van der Waals surface area contributed by atoms with Gasteiger partial charge in [0.1, 0.15) is 18.1 Å². The highest BCUT2D eigenvalue weighted by Crippen LogP contribution is 2.43. The molecular weight excluding hydrogens is 346 g/mol. The first-order chi connectivity index (χ1) is 13.0. The first-order valence-corrected chi connectivity index (χ1v) is 9.63. The summed E-state index contributed by atoms with van der Waals surface area (Å²) < 4.78 is 17.0. The predicted molar refractivity (Wildman–Crippen MR) is 97.8 cm³/mol. The molecular formula is C21H25NO5. The summed E-state index contributed by atoms with van der Waals surface area (Å²) in [6.45, 7) is 4.66. The quantitative estimate of drug-likeness (QED) is 0.819. The van der Waals surface area contributed by atoms with Gasteiger partial charge in [0.25, 0.3) is 0 Å². The molecule has 0 saturated carbocycles. The molecule has 1 fully saturated rings. The van der Waals surface area contributed by atoms with Crippen LogP contribution in [0.2, 0.25) is 0 Å². The topological polar surface area (TPSA) is 77.8 Å². The second-order valence-electron chi connectivity index (χ2n) is 7.45. The monoisotopic (exact) mass is 371 g/mol. The third kappa shape index (κ3) is 3.46. The highest BCUT2D eigenvalue weighted by Gasteiger charge is 2.40. The summed E-state index contributed by atoms with van der Waals surface area (Å²) in [4.78, 5) is 25.7. The number of nitrogens with one attached hydrogen (secondary N) is 1. The molecule has 3 heterocycles. The Labute approximate surface area is 158 Å². The van der Waals surface area contributed by atoms with Gasteiger partial charge in [0.05, 0.1) is 17.6 Å². The van der Waals surface area contributed by atoms with Crippen molar-refractivity contribution in [3.05, 3.63) is 46.2 Å². The highest BCUT2D eigenvalue weighted by atomic mass is 16.6. The van der Waals surface area contributed by atoms with E-state index >= 15 is 0 Å². The number of furan rings is 1. The van der Waals surface area contributed by atoms with Crippen LogP contribution in [0.5, 0.6) is 0 Å². The van der Waals surface area contributed by atoms with Crippen LogP contribution in [0.25, 0.3) is 0 Å². The van der Waals surface area contributed by atoms with Crippen molar-refractivity contribution >= 4 is 11.8 Å². The van der Waals surface area contributed by atoms with Crippen molar-refractivity contribution in [1.82, 2.24) is 5.32 Å². The van der Waals surface area contributed by atoms with Gasteiger partial charge in [-0.25, -0.2) is 4.79 Å². The van der Waals surface area contributed by atoms with Gasteiger partial charge in [0, 0.05) is 30.0 Å². The largest absolute Gasteiger partial charge is 0.465 e. The zero-order valence-electron chi connectivity index (χ0n) is 15.8. The molecule has 0 aromatic carbocycles. The van der Waals surface area contributed by atoms with Crippen molar-refractivity contribution in [2.75, 3.05) is 13.2 Å². The van der Waals surface area contributed by atoms with Crippen LogP contribution < -0.4 is 5.32 Å². The Bertz CT molecular complexity index is 825. The van der Waals surface area contributed by atoms with E-state index in [1.807, 2.05) is 26.0 Å². The summed E-state index contributed by atoms with van der Waals surface area (Å²) in [6, 6.07) is 3.70. The van der Waals surface area contributed by atoms with E-state index in [4.69, 9.17) is 13.9 Å². The molecule has 0 unspecified atom stereocenters. The molecule has 0 bridgehead atoms. The molecule has 2 atom stereocenters. The highest BCUT2D eigenvalue weighted by molar-refractivity contribution is 6.03. The molecule has 6 nitrogen and oxygen atoms in total. The number of hydrogen-bond acceptors (Lipinski definition) is 6. The number of rotatable bonds is 4. The molecule has 6 heteroatoms. The second kappa shape index (κ2) is 7.35. The van der Waals surface area contributed by atoms with Gasteiger partial charge in [-0.05, 0) is 51.7 Å². The van der Waals surface area contributed by atoms with E-state index in [-0.39, 0.29) is 18.5 Å². The Morgan fingerprint density at radius 2 is 2.11 bits per heavy atom. The Balaban J connectivity index is 1.67. The number of aryl methyl sites for hydroxylation is 1. The molecule has 1 aromatic rings. The summed E-state index contributed by atoms with van der Waals surface area (Å²) in [5.41, 5.74) is 2.72. The van der Waals surface area contributed by atoms with E-state index in [9.17, 15) is 9.59 Å². The molecule has 2 aliphatic heterocycles. The van der Waals surface area contributed by atoms with Crippen molar-refractivity contribution in [1.29, 1.82) is 0 Å². The zero-order valence-corrected chi connectivity index (χ0v) is 15.8. The summed E-state index contributed by atoms with van der Waals surface area (Å²) in [5.74, 6) is 0.498. The lowest BCUT2D eigenvalue weighted by atomic mass is 9.77. The van der Waals surface area contributed by atoms with Gasteiger partial charge in [-0.15, -0.1) is 0 Å². The van der Waals surface area contributed by atoms with Crippen LogP contribution in [-0.4, -0.2) is 31.1 Å². The number of hydrogen-bond donors (Lipinski definition) is 1. The fourth-order valence-electron chi connectivity index (χ4n) is 4.17. The van der Waals surface area contributed by atoms with E-state index in [0.29, 0.717) is 29.9 Å². The van der Waals surface area contributed by atoms with Crippen molar-refractivity contribution in [3.8, 4) is 0 Å². The minimum atomic E-state index is -0.514. The number of esters is 1. The third-order valence-electron chi connectivity index (χ3n) is 5.47. The molecule has 1 saturated heterocycles. The number of ketones is 1. The number of dihydropyridines is 1. The fourth-order valence-corrected chi connectivity index (χ4v) is 4.17. The van der Waals surface area contributed by atoms with Crippen LogP contribution in [0.1, 0.15) is 56.5 Å². The van der Waals surface area contributed by atoms with Crippen molar-refractivity contribution in [2.45, 2.75) is 58.0 Å². The lowest BCUT2D eigenvalue weighted by Crippen LogP contribution is -2.34. The molecule has 4 rings (SSSR count). The molecule has 144 valence electrons. The molecule has 0 amide bonds. The standard InChI is InChI=1S/C21H25NO5/c1-12-8-9-17(27-12)20-18(21(24)26-11-14-5-4-10-25-14)13(2)22-15-6-3-7-16(23)19(15)20/h8-9,14,20,22H,3-7,10-11H2,1-2H3/t14-,20-/m1/s1. The lowest BCUT2D eigenvalue weighted by Gasteiger charge is -2.33. The Hall–Kier alpha value is -2.34. The average molecular weight is 371 g/mol. The SMILES string of the molecule is CC1=C(C(=O)OC[C@H]2CCCO2)[C@@H](c2ccc(C)o2)C2=C(CCCC2=O)N1. The van der Waals surface area contributed by atoms with Crippen LogP contribution in [0.4, 0.5) is 0 Å². The van der Waals surface area contributed by atoms with E-state index in [2.05, 4.69) is 5.32 Å². The van der Waals surface area contributed by atoms with Crippen LogP contribution in [0.3, 0.4) is 0 Å². The van der Waals surface area contributed by atoms with E-state index in [0.717, 1.165) is 42.8 Å². The predicted octanol–water partition coefficient (Wildman–Crippen LogP) is 3.28. The van der Waals surface area contributed by atoms with E-state index < -0.39 is 11.9 Å². The number of ether oxygens (including phenoxy) is 2. The van der Waals surface area contributed by atoms with Crippen LogP contribution in [-0.2, 0) is 19.1 Å². The first kappa shape index (κ1) is 18.0. The number of Topliss-reactive ketones (excluding diaryl/α,β-unsaturated/α-hetero) is 1. The number of carbonyl (C=O) groups excluding carboxylic acids is 2. The van der Waals surface area contributed by atoms with Gasteiger partial charge in [-0.2, -0.15) is 0 Å². The number of carbonyl (C=O) groups is 2. The normalized spacial score (nSPS) is 25.5. The van der Waals surface area contributed by atoms with Gasteiger partial charge in [-0.3, -0.25) is 4.79 Å². The smallest absolute Gasteiger partial charge is 0.336 e. The molecule has 1 aliphatic carbocycles.